The first-order valence-corrected chi connectivity index (χ1v) is 9.78. The van der Waals surface area contributed by atoms with Crippen molar-refractivity contribution >= 4 is 35.1 Å². The summed E-state index contributed by atoms with van der Waals surface area (Å²) >= 11 is 12.0. The van der Waals surface area contributed by atoms with Gasteiger partial charge in [-0.1, -0.05) is 41.4 Å². The molecule has 0 aromatic heterocycles. The molecule has 1 spiro atoms. The van der Waals surface area contributed by atoms with Gasteiger partial charge in [0.15, 0.2) is 5.54 Å². The van der Waals surface area contributed by atoms with E-state index in [0.717, 1.165) is 4.90 Å². The number of carbonyl (C=O) groups is 2. The van der Waals surface area contributed by atoms with E-state index in [1.165, 1.54) is 6.07 Å². The maximum atomic E-state index is 13.2. The molecule has 0 unspecified atom stereocenters. The van der Waals surface area contributed by atoms with Gasteiger partial charge < -0.3 is 19.9 Å². The number of para-hydroxylation sites is 1. The minimum atomic E-state index is -1.18. The Balaban J connectivity index is 1.47. The average Bonchev–Trinajstić information content (AvgIpc) is 2.94. The van der Waals surface area contributed by atoms with E-state index in [1.54, 1.807) is 36.4 Å². The number of carbonyl (C=O) groups excluding carboxylic acids is 2. The number of benzene rings is 2. The van der Waals surface area contributed by atoms with E-state index >= 15 is 0 Å². The lowest BCUT2D eigenvalue weighted by Crippen LogP contribution is -2.48. The van der Waals surface area contributed by atoms with E-state index in [0.29, 0.717) is 40.1 Å². The number of nitrogens with one attached hydrogen (secondary N) is 1. The number of urea groups is 1. The molecule has 3 amide bonds. The van der Waals surface area contributed by atoms with Crippen LogP contribution in [0.5, 0.6) is 11.5 Å². The van der Waals surface area contributed by atoms with E-state index in [1.807, 2.05) is 0 Å². The van der Waals surface area contributed by atoms with Crippen LogP contribution in [0.2, 0.25) is 10.0 Å². The molecule has 1 fully saturated rings. The Bertz CT molecular complexity index is 970. The number of fused-ring (bicyclic) bond motifs is 2. The van der Waals surface area contributed by atoms with Gasteiger partial charge in [0.05, 0.1) is 18.2 Å². The highest BCUT2D eigenvalue weighted by molar-refractivity contribution is 6.34. The summed E-state index contributed by atoms with van der Waals surface area (Å²) < 4.78 is 11.1. The number of aliphatic hydroxyl groups is 1. The van der Waals surface area contributed by atoms with Crippen molar-refractivity contribution in [3.05, 3.63) is 58.1 Å². The number of imide groups is 1. The second-order valence-electron chi connectivity index (χ2n) is 6.89. The average molecular weight is 437 g/mol. The smallest absolute Gasteiger partial charge is 0.325 e. The molecule has 2 N–H and O–H groups in total. The topological polar surface area (TPSA) is 88.1 Å². The molecular formula is C20H18Cl2N2O5. The van der Waals surface area contributed by atoms with Crippen LogP contribution in [0.1, 0.15) is 12.0 Å². The van der Waals surface area contributed by atoms with Gasteiger partial charge in [0.2, 0.25) is 0 Å². The number of aliphatic hydroxyl groups excluding tert-OH is 1. The third-order valence-electron chi connectivity index (χ3n) is 4.97. The number of amides is 3. The summed E-state index contributed by atoms with van der Waals surface area (Å²) in [4.78, 5) is 26.7. The predicted octanol–water partition coefficient (Wildman–Crippen LogP) is 2.96. The van der Waals surface area contributed by atoms with Crippen molar-refractivity contribution in [3.8, 4) is 11.5 Å². The molecule has 0 radical (unpaired) electrons. The molecule has 1 saturated heterocycles. The number of halogens is 2. The van der Waals surface area contributed by atoms with Gasteiger partial charge in [-0.2, -0.15) is 0 Å². The van der Waals surface area contributed by atoms with Crippen LogP contribution in [0.3, 0.4) is 0 Å². The molecule has 2 aliphatic rings. The molecule has 2 aromatic carbocycles. The largest absolute Gasteiger partial charge is 0.493 e. The second kappa shape index (κ2) is 7.74. The molecule has 0 saturated carbocycles. The molecule has 4 rings (SSSR count). The molecule has 2 aliphatic heterocycles. The van der Waals surface area contributed by atoms with E-state index in [9.17, 15) is 14.7 Å². The Morgan fingerprint density at radius 1 is 1.24 bits per heavy atom. The molecule has 2 aromatic rings. The van der Waals surface area contributed by atoms with Crippen molar-refractivity contribution in [1.29, 1.82) is 0 Å². The van der Waals surface area contributed by atoms with Crippen LogP contribution in [-0.4, -0.2) is 47.8 Å². The normalized spacial score (nSPS) is 21.6. The van der Waals surface area contributed by atoms with Gasteiger partial charge in [-0.3, -0.25) is 9.69 Å². The van der Waals surface area contributed by atoms with Gasteiger partial charge in [-0.25, -0.2) is 4.79 Å². The first-order chi connectivity index (χ1) is 13.9. The molecular weight excluding hydrogens is 419 g/mol. The van der Waals surface area contributed by atoms with Gasteiger partial charge in [0.25, 0.3) is 5.91 Å². The zero-order valence-electron chi connectivity index (χ0n) is 15.2. The zero-order chi connectivity index (χ0) is 20.6. The number of rotatable bonds is 5. The van der Waals surface area contributed by atoms with Crippen molar-refractivity contribution in [2.45, 2.75) is 18.1 Å². The lowest BCUT2D eigenvalue weighted by Gasteiger charge is -2.33. The Hall–Kier alpha value is -2.48. The standard InChI is InChI=1S/C20H18Cl2N2O5/c21-12-5-6-15(22)17(9-12)29-11-13(25)10-24-18(26)20(23-19(24)27)7-8-28-16-4-2-1-3-14(16)20/h1-6,9,13,25H,7-8,10-11H2,(H,23,27)/t13-,20+/m0/s1. The minimum absolute atomic E-state index is 0.163. The minimum Gasteiger partial charge on any atom is -0.493 e. The summed E-state index contributed by atoms with van der Waals surface area (Å²) in [6, 6.07) is 11.3. The molecule has 0 bridgehead atoms. The Labute approximate surface area is 177 Å². The lowest BCUT2D eigenvalue weighted by molar-refractivity contribution is -0.133. The van der Waals surface area contributed by atoms with Crippen molar-refractivity contribution in [2.75, 3.05) is 19.8 Å². The van der Waals surface area contributed by atoms with Gasteiger partial charge in [-0.05, 0) is 18.2 Å². The molecule has 2 atom stereocenters. The Morgan fingerprint density at radius 3 is 2.86 bits per heavy atom. The number of nitrogens with zero attached hydrogens (tertiary/aromatic N) is 1. The van der Waals surface area contributed by atoms with E-state index < -0.39 is 23.6 Å². The highest BCUT2D eigenvalue weighted by atomic mass is 35.5. The summed E-state index contributed by atoms with van der Waals surface area (Å²) in [6.07, 6.45) is -0.791. The maximum absolute atomic E-state index is 13.2. The highest BCUT2D eigenvalue weighted by Crippen LogP contribution is 2.41. The molecule has 0 aliphatic carbocycles. The predicted molar refractivity (Wildman–Crippen MR) is 106 cm³/mol. The third-order valence-corrected chi connectivity index (χ3v) is 5.52. The van der Waals surface area contributed by atoms with E-state index in [2.05, 4.69) is 5.32 Å². The van der Waals surface area contributed by atoms with Crippen molar-refractivity contribution in [1.82, 2.24) is 10.2 Å². The van der Waals surface area contributed by atoms with Crippen molar-refractivity contribution in [2.24, 2.45) is 0 Å². The van der Waals surface area contributed by atoms with Crippen LogP contribution in [0, 0.1) is 0 Å². The number of β-amino-alcohol motifs (C(OH)–C–C–N with tert-alkyl or cyclic N) is 1. The van der Waals surface area contributed by atoms with Gasteiger partial charge in [0, 0.05) is 23.1 Å². The van der Waals surface area contributed by atoms with E-state index in [-0.39, 0.29) is 13.2 Å². The number of hydrogen-bond acceptors (Lipinski definition) is 5. The molecule has 29 heavy (non-hydrogen) atoms. The van der Waals surface area contributed by atoms with Gasteiger partial charge in [0.1, 0.15) is 24.2 Å². The second-order valence-corrected chi connectivity index (χ2v) is 7.73. The first-order valence-electron chi connectivity index (χ1n) is 9.03. The number of ether oxygens (including phenoxy) is 2. The fourth-order valence-corrected chi connectivity index (χ4v) is 3.91. The number of hydrogen-bond donors (Lipinski definition) is 2. The van der Waals surface area contributed by atoms with Gasteiger partial charge in [-0.15, -0.1) is 0 Å². The highest BCUT2D eigenvalue weighted by Gasteiger charge is 2.55. The van der Waals surface area contributed by atoms with Crippen LogP contribution in [-0.2, 0) is 10.3 Å². The molecule has 9 heteroatoms. The Morgan fingerprint density at radius 2 is 2.03 bits per heavy atom. The molecule has 152 valence electrons. The van der Waals surface area contributed by atoms with Crippen LogP contribution in [0.15, 0.2) is 42.5 Å². The Kier molecular flexibility index (Phi) is 5.29. The summed E-state index contributed by atoms with van der Waals surface area (Å²) in [5, 5.41) is 13.9. The lowest BCUT2D eigenvalue weighted by atomic mass is 9.84. The first kappa shape index (κ1) is 19.8. The van der Waals surface area contributed by atoms with E-state index in [4.69, 9.17) is 32.7 Å². The summed E-state index contributed by atoms with van der Waals surface area (Å²) in [7, 11) is 0. The summed E-state index contributed by atoms with van der Waals surface area (Å²) in [5.41, 5.74) is -0.563. The zero-order valence-corrected chi connectivity index (χ0v) is 16.7. The summed E-state index contributed by atoms with van der Waals surface area (Å²) in [5.74, 6) is 0.456. The van der Waals surface area contributed by atoms with Crippen molar-refractivity contribution in [3.63, 3.8) is 0 Å². The van der Waals surface area contributed by atoms with Gasteiger partial charge >= 0.3 is 6.03 Å². The monoisotopic (exact) mass is 436 g/mol. The molecule has 2 heterocycles. The maximum Gasteiger partial charge on any atom is 0.325 e. The van der Waals surface area contributed by atoms with Crippen LogP contribution < -0.4 is 14.8 Å². The molecule has 7 nitrogen and oxygen atoms in total. The quantitative estimate of drug-likeness (QED) is 0.703. The van der Waals surface area contributed by atoms with Crippen LogP contribution in [0.4, 0.5) is 4.79 Å². The fraction of sp³-hybridized carbons (Fsp3) is 0.300. The summed E-state index contributed by atoms with van der Waals surface area (Å²) in [6.45, 7) is -0.0761. The fourth-order valence-electron chi connectivity index (χ4n) is 3.57. The van der Waals surface area contributed by atoms with Crippen LogP contribution >= 0.6 is 23.2 Å². The van der Waals surface area contributed by atoms with Crippen LogP contribution in [0.25, 0.3) is 0 Å². The van der Waals surface area contributed by atoms with Crippen molar-refractivity contribution < 1.29 is 24.2 Å². The SMILES string of the molecule is O=C1N[C@@]2(CCOc3ccccc32)C(=O)N1C[C@H](O)COc1cc(Cl)ccc1Cl. The third kappa shape index (κ3) is 3.61.